The second-order valence-electron chi connectivity index (χ2n) is 5.50. The fourth-order valence-electron chi connectivity index (χ4n) is 2.85. The molecule has 0 N–H and O–H groups in total. The molecule has 2 aromatic carbocycles. The zero-order valence-corrected chi connectivity index (χ0v) is 13.3. The average molecular weight is 321 g/mol. The number of methoxy groups -OCH3 is 1. The van der Waals surface area contributed by atoms with Crippen molar-refractivity contribution < 1.29 is 13.7 Å². The third kappa shape index (κ3) is 2.17. The summed E-state index contributed by atoms with van der Waals surface area (Å²) in [5.74, 6) is 1.25. The van der Waals surface area contributed by atoms with Crippen molar-refractivity contribution in [2.24, 2.45) is 0 Å². The van der Waals surface area contributed by atoms with Crippen LogP contribution in [0.1, 0.15) is 12.6 Å². The van der Waals surface area contributed by atoms with Crippen molar-refractivity contribution in [2.75, 3.05) is 7.11 Å². The zero-order chi connectivity index (χ0) is 16.7. The number of hydrogen-bond acceptors (Lipinski definition) is 5. The van der Waals surface area contributed by atoms with Crippen molar-refractivity contribution in [3.63, 3.8) is 0 Å². The molecule has 0 bridgehead atoms. The number of rotatable bonds is 3. The highest BCUT2D eigenvalue weighted by atomic mass is 16.5. The smallest absolute Gasteiger partial charge is 0.197 e. The highest BCUT2D eigenvalue weighted by Crippen LogP contribution is 2.29. The van der Waals surface area contributed by atoms with Gasteiger partial charge >= 0.3 is 0 Å². The lowest BCUT2D eigenvalue weighted by Gasteiger charge is -2.05. The van der Waals surface area contributed by atoms with Crippen LogP contribution in [-0.4, -0.2) is 12.3 Å². The number of aryl methyl sites for hydroxylation is 1. The van der Waals surface area contributed by atoms with E-state index < -0.39 is 0 Å². The van der Waals surface area contributed by atoms with E-state index in [0.717, 1.165) is 28.8 Å². The Hall–Kier alpha value is -3.08. The summed E-state index contributed by atoms with van der Waals surface area (Å²) in [5.41, 5.74) is 2.47. The highest BCUT2D eigenvalue weighted by Gasteiger charge is 2.15. The van der Waals surface area contributed by atoms with Gasteiger partial charge < -0.3 is 13.7 Å². The minimum absolute atomic E-state index is 0.147. The molecule has 0 amide bonds. The Morgan fingerprint density at radius 3 is 2.62 bits per heavy atom. The standard InChI is InChI=1S/C19H15NO4/c1-3-14-13-8-9-16-18(19(13)24-20-14)15(21)10-17(23-16)11-4-6-12(22-2)7-5-11/h4-10H,3H2,1-2H3. The molecular formula is C19H15NO4. The first-order valence-corrected chi connectivity index (χ1v) is 7.71. The monoisotopic (exact) mass is 321 g/mol. The van der Waals surface area contributed by atoms with Crippen LogP contribution in [0, 0.1) is 0 Å². The molecule has 2 heterocycles. The molecule has 0 fully saturated rings. The van der Waals surface area contributed by atoms with E-state index in [1.165, 1.54) is 6.07 Å². The van der Waals surface area contributed by atoms with Gasteiger partial charge in [-0.3, -0.25) is 4.79 Å². The lowest BCUT2D eigenvalue weighted by Crippen LogP contribution is -2.00. The van der Waals surface area contributed by atoms with Gasteiger partial charge in [0.2, 0.25) is 0 Å². The van der Waals surface area contributed by atoms with Crippen LogP contribution < -0.4 is 10.2 Å². The number of fused-ring (bicyclic) bond motifs is 3. The predicted octanol–water partition coefficient (Wildman–Crippen LogP) is 4.17. The van der Waals surface area contributed by atoms with Crippen LogP contribution in [0.15, 0.2) is 56.2 Å². The molecule has 0 saturated heterocycles. The van der Waals surface area contributed by atoms with Crippen LogP contribution in [0.2, 0.25) is 0 Å². The molecule has 0 spiro atoms. The molecule has 0 aliphatic carbocycles. The molecule has 0 saturated carbocycles. The molecule has 5 nitrogen and oxygen atoms in total. The second kappa shape index (κ2) is 5.53. The van der Waals surface area contributed by atoms with Gasteiger partial charge in [0.15, 0.2) is 11.0 Å². The summed E-state index contributed by atoms with van der Waals surface area (Å²) in [6, 6.07) is 12.5. The Kier molecular flexibility index (Phi) is 3.34. The molecule has 120 valence electrons. The predicted molar refractivity (Wildman–Crippen MR) is 91.4 cm³/mol. The molecule has 0 atom stereocenters. The van der Waals surface area contributed by atoms with Crippen LogP contribution in [0.3, 0.4) is 0 Å². The van der Waals surface area contributed by atoms with Crippen molar-refractivity contribution in [3.8, 4) is 17.1 Å². The van der Waals surface area contributed by atoms with Crippen molar-refractivity contribution in [1.82, 2.24) is 5.16 Å². The van der Waals surface area contributed by atoms with Crippen molar-refractivity contribution in [1.29, 1.82) is 0 Å². The van der Waals surface area contributed by atoms with Gasteiger partial charge in [-0.1, -0.05) is 12.1 Å². The van der Waals surface area contributed by atoms with Gasteiger partial charge in [0.25, 0.3) is 0 Å². The minimum Gasteiger partial charge on any atom is -0.497 e. The van der Waals surface area contributed by atoms with E-state index in [9.17, 15) is 4.79 Å². The largest absolute Gasteiger partial charge is 0.497 e. The summed E-state index contributed by atoms with van der Waals surface area (Å²) in [6.45, 7) is 2.00. The average Bonchev–Trinajstić information content (AvgIpc) is 3.04. The van der Waals surface area contributed by atoms with E-state index >= 15 is 0 Å². The lowest BCUT2D eigenvalue weighted by atomic mass is 10.1. The van der Waals surface area contributed by atoms with Gasteiger partial charge in [-0.05, 0) is 42.8 Å². The van der Waals surface area contributed by atoms with E-state index in [-0.39, 0.29) is 5.43 Å². The molecule has 0 aliphatic rings. The van der Waals surface area contributed by atoms with Crippen LogP contribution in [0.4, 0.5) is 0 Å². The maximum atomic E-state index is 12.6. The first kappa shape index (κ1) is 14.5. The van der Waals surface area contributed by atoms with Crippen LogP contribution in [0.5, 0.6) is 5.75 Å². The lowest BCUT2D eigenvalue weighted by molar-refractivity contribution is 0.415. The summed E-state index contributed by atoms with van der Waals surface area (Å²) < 4.78 is 16.5. The molecule has 4 aromatic rings. The number of ether oxygens (including phenoxy) is 1. The van der Waals surface area contributed by atoms with E-state index in [1.54, 1.807) is 13.2 Å². The summed E-state index contributed by atoms with van der Waals surface area (Å²) in [6.07, 6.45) is 0.744. The quantitative estimate of drug-likeness (QED) is 0.566. The number of nitrogens with zero attached hydrogens (tertiary/aromatic N) is 1. The third-order valence-corrected chi connectivity index (χ3v) is 4.12. The molecule has 5 heteroatoms. The first-order valence-electron chi connectivity index (χ1n) is 7.71. The van der Waals surface area contributed by atoms with Crippen molar-refractivity contribution in [2.45, 2.75) is 13.3 Å². The summed E-state index contributed by atoms with van der Waals surface area (Å²) in [5, 5.41) is 5.32. The number of aromatic nitrogens is 1. The Bertz CT molecular complexity index is 1090. The van der Waals surface area contributed by atoms with Crippen molar-refractivity contribution in [3.05, 3.63) is 58.4 Å². The molecule has 0 aliphatic heterocycles. The Labute approximate surface area is 137 Å². The van der Waals surface area contributed by atoms with E-state index in [0.29, 0.717) is 22.3 Å². The van der Waals surface area contributed by atoms with Gasteiger partial charge in [0.1, 0.15) is 22.5 Å². The second-order valence-corrected chi connectivity index (χ2v) is 5.50. The molecule has 2 aromatic heterocycles. The molecule has 24 heavy (non-hydrogen) atoms. The molecule has 4 rings (SSSR count). The Morgan fingerprint density at radius 2 is 1.92 bits per heavy atom. The third-order valence-electron chi connectivity index (χ3n) is 4.12. The fraction of sp³-hybridized carbons (Fsp3) is 0.158. The minimum atomic E-state index is -0.147. The van der Waals surface area contributed by atoms with E-state index in [1.807, 2.05) is 37.3 Å². The normalized spacial score (nSPS) is 11.2. The van der Waals surface area contributed by atoms with Crippen LogP contribution >= 0.6 is 0 Å². The van der Waals surface area contributed by atoms with Crippen LogP contribution in [0.25, 0.3) is 33.3 Å². The van der Waals surface area contributed by atoms with Gasteiger partial charge in [-0.25, -0.2) is 0 Å². The zero-order valence-electron chi connectivity index (χ0n) is 13.3. The molecule has 0 unspecified atom stereocenters. The fourth-order valence-corrected chi connectivity index (χ4v) is 2.85. The maximum absolute atomic E-state index is 12.6. The Morgan fingerprint density at radius 1 is 1.12 bits per heavy atom. The van der Waals surface area contributed by atoms with Gasteiger partial charge in [-0.15, -0.1) is 0 Å². The summed E-state index contributed by atoms with van der Waals surface area (Å²) >= 11 is 0. The Balaban J connectivity index is 1.94. The van der Waals surface area contributed by atoms with E-state index in [2.05, 4.69) is 5.16 Å². The topological polar surface area (TPSA) is 65.5 Å². The SMILES string of the molecule is CCc1noc2c1ccc1oc(-c3ccc(OC)cc3)cc(=O)c12. The van der Waals surface area contributed by atoms with Gasteiger partial charge in [-0.2, -0.15) is 0 Å². The summed E-state index contributed by atoms with van der Waals surface area (Å²) in [4.78, 5) is 12.6. The van der Waals surface area contributed by atoms with Gasteiger partial charge in [0.05, 0.1) is 12.8 Å². The molecule has 0 radical (unpaired) electrons. The van der Waals surface area contributed by atoms with Crippen molar-refractivity contribution >= 4 is 21.9 Å². The number of benzene rings is 2. The van der Waals surface area contributed by atoms with Gasteiger partial charge in [0, 0.05) is 17.0 Å². The highest BCUT2D eigenvalue weighted by molar-refractivity contribution is 6.02. The number of hydrogen-bond donors (Lipinski definition) is 0. The van der Waals surface area contributed by atoms with Crippen LogP contribution in [-0.2, 0) is 6.42 Å². The summed E-state index contributed by atoms with van der Waals surface area (Å²) in [7, 11) is 1.61. The van der Waals surface area contributed by atoms with E-state index in [4.69, 9.17) is 13.7 Å². The first-order chi connectivity index (χ1) is 11.7. The molecular weight excluding hydrogens is 306 g/mol. The maximum Gasteiger partial charge on any atom is 0.197 e.